The van der Waals surface area contributed by atoms with E-state index in [1.54, 1.807) is 7.11 Å². The minimum Gasteiger partial charge on any atom is -0.381 e. The monoisotopic (exact) mass is 176 g/mol. The first-order valence-electron chi connectivity index (χ1n) is 3.23. The van der Waals surface area contributed by atoms with Crippen LogP contribution in [-0.2, 0) is 11.2 Å². The van der Waals surface area contributed by atoms with Crippen LogP contribution < -0.4 is 0 Å². The lowest BCUT2D eigenvalue weighted by atomic mass is 10.3. The summed E-state index contributed by atoms with van der Waals surface area (Å²) in [5, 5.41) is 3.68. The Morgan fingerprint density at radius 2 is 2.45 bits per heavy atom. The minimum absolute atomic E-state index is 0.0725. The summed E-state index contributed by atoms with van der Waals surface area (Å²) in [6, 6.07) is 0. The van der Waals surface area contributed by atoms with Gasteiger partial charge in [0.2, 0.25) is 0 Å². The van der Waals surface area contributed by atoms with Crippen LogP contribution in [0.15, 0.2) is 4.52 Å². The summed E-state index contributed by atoms with van der Waals surface area (Å²) in [6.07, 6.45) is 0.705. The molecule has 0 saturated carbocycles. The Morgan fingerprint density at radius 3 is 2.91 bits per heavy atom. The lowest BCUT2D eigenvalue weighted by Gasteiger charge is -2.03. The minimum atomic E-state index is 0.0725. The van der Waals surface area contributed by atoms with Crippen LogP contribution in [0.2, 0.25) is 5.35 Å². The van der Waals surface area contributed by atoms with E-state index in [2.05, 4.69) is 14.7 Å². The molecule has 11 heavy (non-hydrogen) atoms. The second kappa shape index (κ2) is 3.69. The lowest BCUT2D eigenvalue weighted by molar-refractivity contribution is 0.116. The Morgan fingerprint density at radius 1 is 1.73 bits per heavy atom. The van der Waals surface area contributed by atoms with Crippen LogP contribution in [-0.4, -0.2) is 23.4 Å². The van der Waals surface area contributed by atoms with E-state index in [9.17, 15) is 0 Å². The van der Waals surface area contributed by atoms with Gasteiger partial charge in [-0.15, -0.1) is 0 Å². The molecule has 1 aromatic heterocycles. The number of ether oxygens (including phenoxy) is 1. The molecule has 0 spiro atoms. The lowest BCUT2D eigenvalue weighted by Crippen LogP contribution is -2.09. The van der Waals surface area contributed by atoms with Crippen molar-refractivity contribution in [1.82, 2.24) is 10.1 Å². The summed E-state index contributed by atoms with van der Waals surface area (Å²) in [7, 11) is 1.63. The molecule has 1 rings (SSSR count). The molecule has 0 aliphatic carbocycles. The topological polar surface area (TPSA) is 48.2 Å². The number of aromatic nitrogens is 2. The smallest absolute Gasteiger partial charge is 0.320 e. The number of rotatable bonds is 3. The predicted octanol–water partition coefficient (Wildman–Crippen LogP) is 1.30. The van der Waals surface area contributed by atoms with Gasteiger partial charge in [-0.2, -0.15) is 4.98 Å². The van der Waals surface area contributed by atoms with Crippen LogP contribution in [0.3, 0.4) is 0 Å². The summed E-state index contributed by atoms with van der Waals surface area (Å²) in [5.41, 5.74) is 0. The van der Waals surface area contributed by atoms with Gasteiger partial charge in [-0.25, -0.2) is 0 Å². The zero-order valence-electron chi connectivity index (χ0n) is 6.37. The van der Waals surface area contributed by atoms with Gasteiger partial charge < -0.3 is 9.26 Å². The van der Waals surface area contributed by atoms with Crippen LogP contribution in [0.4, 0.5) is 0 Å². The number of hydrogen-bond acceptors (Lipinski definition) is 4. The largest absolute Gasteiger partial charge is 0.381 e. The Balaban J connectivity index is 2.50. The maximum Gasteiger partial charge on any atom is 0.320 e. The summed E-state index contributed by atoms with van der Waals surface area (Å²) in [6.45, 7) is 1.92. The summed E-state index contributed by atoms with van der Waals surface area (Å²) < 4.78 is 9.56. The highest BCUT2D eigenvalue weighted by atomic mass is 35.5. The van der Waals surface area contributed by atoms with Gasteiger partial charge in [-0.3, -0.25) is 0 Å². The third-order valence-electron chi connectivity index (χ3n) is 1.32. The first-order chi connectivity index (χ1) is 5.22. The fraction of sp³-hybridized carbons (Fsp3) is 0.667. The van der Waals surface area contributed by atoms with Gasteiger partial charge in [-0.1, -0.05) is 5.16 Å². The van der Waals surface area contributed by atoms with Crippen molar-refractivity contribution >= 4 is 11.6 Å². The molecule has 5 heteroatoms. The van der Waals surface area contributed by atoms with Crippen LogP contribution in [0, 0.1) is 0 Å². The maximum absolute atomic E-state index is 5.41. The molecule has 1 atom stereocenters. The van der Waals surface area contributed by atoms with E-state index >= 15 is 0 Å². The van der Waals surface area contributed by atoms with Gasteiger partial charge in [0.05, 0.1) is 6.10 Å². The number of halogens is 1. The van der Waals surface area contributed by atoms with E-state index in [-0.39, 0.29) is 11.5 Å². The molecule has 0 radical (unpaired) electrons. The van der Waals surface area contributed by atoms with Gasteiger partial charge in [0.1, 0.15) is 0 Å². The van der Waals surface area contributed by atoms with Crippen molar-refractivity contribution in [3.8, 4) is 0 Å². The normalized spacial score (nSPS) is 13.4. The Kier molecular flexibility index (Phi) is 2.84. The van der Waals surface area contributed by atoms with Crippen LogP contribution in [0.5, 0.6) is 0 Å². The molecule has 0 N–H and O–H groups in total. The van der Waals surface area contributed by atoms with Gasteiger partial charge >= 0.3 is 5.35 Å². The first-order valence-corrected chi connectivity index (χ1v) is 3.61. The van der Waals surface area contributed by atoms with Crippen LogP contribution in [0.1, 0.15) is 12.7 Å². The standard InChI is InChI=1S/C6H9ClN2O2/c1-4(10-2)3-5-8-6(7)11-9-5/h4H,3H2,1-2H3. The molecular formula is C6H9ClN2O2. The van der Waals surface area contributed by atoms with Crippen molar-refractivity contribution < 1.29 is 9.26 Å². The third-order valence-corrected chi connectivity index (χ3v) is 1.47. The molecule has 62 valence electrons. The first kappa shape index (κ1) is 8.49. The maximum atomic E-state index is 5.41. The SMILES string of the molecule is COC(C)Cc1noc(Cl)n1. The summed E-state index contributed by atoms with van der Waals surface area (Å²) in [5.74, 6) is 0.573. The quantitative estimate of drug-likeness (QED) is 0.697. The van der Waals surface area contributed by atoms with Crippen molar-refractivity contribution in [3.63, 3.8) is 0 Å². The average Bonchev–Trinajstić information content (AvgIpc) is 2.35. The van der Waals surface area contributed by atoms with E-state index in [0.717, 1.165) is 0 Å². The van der Waals surface area contributed by atoms with Crippen molar-refractivity contribution in [2.45, 2.75) is 19.4 Å². The highest BCUT2D eigenvalue weighted by Crippen LogP contribution is 2.06. The van der Waals surface area contributed by atoms with Crippen molar-refractivity contribution in [2.24, 2.45) is 0 Å². The predicted molar refractivity (Wildman–Crippen MR) is 39.5 cm³/mol. The molecule has 4 nitrogen and oxygen atoms in total. The Bertz CT molecular complexity index is 226. The van der Waals surface area contributed by atoms with Gasteiger partial charge in [0.25, 0.3) is 0 Å². The molecule has 0 amide bonds. The highest BCUT2D eigenvalue weighted by molar-refractivity contribution is 6.27. The van der Waals surface area contributed by atoms with E-state index < -0.39 is 0 Å². The number of hydrogen-bond donors (Lipinski definition) is 0. The molecule has 0 aromatic carbocycles. The van der Waals surface area contributed by atoms with Crippen LogP contribution in [0.25, 0.3) is 0 Å². The Hall–Kier alpha value is -0.610. The second-order valence-electron chi connectivity index (χ2n) is 2.21. The summed E-state index contributed by atoms with van der Waals surface area (Å²) >= 11 is 5.41. The van der Waals surface area contributed by atoms with Gasteiger partial charge in [0, 0.05) is 13.5 Å². The molecule has 1 aromatic rings. The average molecular weight is 177 g/mol. The van der Waals surface area contributed by atoms with Crippen LogP contribution >= 0.6 is 11.6 Å². The molecule has 0 aliphatic rings. The molecule has 0 bridgehead atoms. The molecule has 0 aliphatic heterocycles. The van der Waals surface area contributed by atoms with Gasteiger partial charge in [-0.05, 0) is 18.5 Å². The molecule has 0 saturated heterocycles. The molecule has 1 unspecified atom stereocenters. The van der Waals surface area contributed by atoms with E-state index in [1.807, 2.05) is 6.92 Å². The third kappa shape index (κ3) is 2.48. The van der Waals surface area contributed by atoms with Gasteiger partial charge in [0.15, 0.2) is 5.82 Å². The van der Waals surface area contributed by atoms with E-state index in [4.69, 9.17) is 16.3 Å². The number of nitrogens with zero attached hydrogens (tertiary/aromatic N) is 2. The number of methoxy groups -OCH3 is 1. The fourth-order valence-corrected chi connectivity index (χ4v) is 0.788. The zero-order valence-corrected chi connectivity index (χ0v) is 7.13. The highest BCUT2D eigenvalue weighted by Gasteiger charge is 2.07. The van der Waals surface area contributed by atoms with E-state index in [1.165, 1.54) is 0 Å². The zero-order chi connectivity index (χ0) is 8.27. The molecule has 1 heterocycles. The summed E-state index contributed by atoms with van der Waals surface area (Å²) in [4.78, 5) is 3.81. The fourth-order valence-electron chi connectivity index (χ4n) is 0.656. The molecular weight excluding hydrogens is 168 g/mol. The van der Waals surface area contributed by atoms with Crippen molar-refractivity contribution in [2.75, 3.05) is 7.11 Å². The van der Waals surface area contributed by atoms with Crippen molar-refractivity contribution in [1.29, 1.82) is 0 Å². The second-order valence-corrected chi connectivity index (χ2v) is 2.54. The Labute approximate surface area is 69.5 Å². The molecule has 0 fully saturated rings. The van der Waals surface area contributed by atoms with Crippen molar-refractivity contribution in [3.05, 3.63) is 11.2 Å². The van der Waals surface area contributed by atoms with E-state index in [0.29, 0.717) is 12.2 Å².